The standard InChI is InChI=1S/C13H11BO/c1-15-14-12-8-4-2-6-10(12)11-7-3-5-9-13(11)14/h2-9H,1H3. The van der Waals surface area contributed by atoms with E-state index >= 15 is 0 Å². The first-order valence-electron chi connectivity index (χ1n) is 5.13. The van der Waals surface area contributed by atoms with Crippen molar-refractivity contribution in [2.24, 2.45) is 0 Å². The number of benzene rings is 2. The average molecular weight is 194 g/mol. The predicted molar refractivity (Wildman–Crippen MR) is 63.9 cm³/mol. The molecule has 1 aliphatic heterocycles. The lowest BCUT2D eigenvalue weighted by atomic mass is 9.59. The van der Waals surface area contributed by atoms with Crippen LogP contribution in [0.1, 0.15) is 0 Å². The van der Waals surface area contributed by atoms with Gasteiger partial charge in [-0.2, -0.15) is 0 Å². The summed E-state index contributed by atoms with van der Waals surface area (Å²) in [6, 6.07) is 16.9. The van der Waals surface area contributed by atoms with Gasteiger partial charge in [0.25, 0.3) is 0 Å². The summed E-state index contributed by atoms with van der Waals surface area (Å²) in [7, 11) is 1.77. The maximum Gasteiger partial charge on any atom is 0.362 e. The van der Waals surface area contributed by atoms with Gasteiger partial charge in [-0.15, -0.1) is 0 Å². The SMILES string of the molecule is COB1c2ccccc2-c2ccccc21. The minimum absolute atomic E-state index is 0.109. The zero-order valence-electron chi connectivity index (χ0n) is 8.60. The Morgan fingerprint density at radius 3 is 1.73 bits per heavy atom. The summed E-state index contributed by atoms with van der Waals surface area (Å²) < 4.78 is 5.56. The monoisotopic (exact) mass is 194 g/mol. The molecule has 0 N–H and O–H groups in total. The van der Waals surface area contributed by atoms with E-state index in [1.807, 2.05) is 0 Å². The van der Waals surface area contributed by atoms with Gasteiger partial charge in [0.05, 0.1) is 0 Å². The lowest BCUT2D eigenvalue weighted by molar-refractivity contribution is 0.440. The molecule has 72 valence electrons. The molecule has 0 spiro atoms. The van der Waals surface area contributed by atoms with Crippen LogP contribution in [0.25, 0.3) is 11.1 Å². The molecule has 15 heavy (non-hydrogen) atoms. The summed E-state index contributed by atoms with van der Waals surface area (Å²) in [4.78, 5) is 0. The molecule has 0 saturated heterocycles. The van der Waals surface area contributed by atoms with Crippen molar-refractivity contribution in [3.05, 3.63) is 48.5 Å². The highest BCUT2D eigenvalue weighted by atomic mass is 16.4. The summed E-state index contributed by atoms with van der Waals surface area (Å²) in [5.74, 6) is 0. The van der Waals surface area contributed by atoms with Crippen LogP contribution in [0.15, 0.2) is 48.5 Å². The van der Waals surface area contributed by atoms with Crippen molar-refractivity contribution in [2.45, 2.75) is 0 Å². The fourth-order valence-electron chi connectivity index (χ4n) is 2.36. The van der Waals surface area contributed by atoms with Gasteiger partial charge in [-0.3, -0.25) is 0 Å². The van der Waals surface area contributed by atoms with Crippen LogP contribution in [-0.2, 0) is 4.65 Å². The van der Waals surface area contributed by atoms with Gasteiger partial charge >= 0.3 is 6.92 Å². The molecule has 0 aliphatic carbocycles. The highest BCUT2D eigenvalue weighted by Gasteiger charge is 2.31. The largest absolute Gasteiger partial charge is 0.430 e. The molecule has 1 aliphatic rings. The third-order valence-corrected chi connectivity index (χ3v) is 3.01. The summed E-state index contributed by atoms with van der Waals surface area (Å²) in [5.41, 5.74) is 5.17. The lowest BCUT2D eigenvalue weighted by Gasteiger charge is -2.05. The van der Waals surface area contributed by atoms with Gasteiger partial charge in [0, 0.05) is 7.11 Å². The van der Waals surface area contributed by atoms with E-state index in [0.717, 1.165) is 0 Å². The Kier molecular flexibility index (Phi) is 1.89. The Labute approximate surface area is 89.8 Å². The highest BCUT2D eigenvalue weighted by molar-refractivity contribution is 6.84. The van der Waals surface area contributed by atoms with E-state index < -0.39 is 0 Å². The first-order valence-corrected chi connectivity index (χ1v) is 5.13. The first-order chi connectivity index (χ1) is 7.42. The molecular formula is C13H11BO. The zero-order chi connectivity index (χ0) is 10.3. The second-order valence-corrected chi connectivity index (χ2v) is 3.79. The predicted octanol–water partition coefficient (Wildman–Crippen LogP) is 1.42. The molecule has 1 heterocycles. The first kappa shape index (κ1) is 8.75. The molecular weight excluding hydrogens is 183 g/mol. The van der Waals surface area contributed by atoms with Crippen molar-refractivity contribution in [1.29, 1.82) is 0 Å². The van der Waals surface area contributed by atoms with Gasteiger partial charge in [-0.05, 0) is 22.1 Å². The van der Waals surface area contributed by atoms with Gasteiger partial charge in [0.2, 0.25) is 0 Å². The molecule has 0 aromatic heterocycles. The van der Waals surface area contributed by atoms with Crippen molar-refractivity contribution in [2.75, 3.05) is 7.11 Å². The molecule has 2 aromatic carbocycles. The van der Waals surface area contributed by atoms with E-state index in [-0.39, 0.29) is 6.92 Å². The van der Waals surface area contributed by atoms with Crippen LogP contribution in [0.5, 0.6) is 0 Å². The minimum Gasteiger partial charge on any atom is -0.430 e. The zero-order valence-corrected chi connectivity index (χ0v) is 8.60. The molecule has 2 heteroatoms. The average Bonchev–Trinajstić information content (AvgIpc) is 2.63. The molecule has 0 saturated carbocycles. The smallest absolute Gasteiger partial charge is 0.362 e. The fourth-order valence-corrected chi connectivity index (χ4v) is 2.36. The Balaban J connectivity index is 2.31. The van der Waals surface area contributed by atoms with Crippen molar-refractivity contribution >= 4 is 17.8 Å². The molecule has 0 radical (unpaired) electrons. The third-order valence-electron chi connectivity index (χ3n) is 3.01. The van der Waals surface area contributed by atoms with Crippen LogP contribution in [0.4, 0.5) is 0 Å². The van der Waals surface area contributed by atoms with Crippen molar-refractivity contribution < 1.29 is 4.65 Å². The second-order valence-electron chi connectivity index (χ2n) is 3.79. The van der Waals surface area contributed by atoms with Crippen molar-refractivity contribution in [3.63, 3.8) is 0 Å². The quantitative estimate of drug-likeness (QED) is 0.623. The van der Waals surface area contributed by atoms with Crippen LogP contribution >= 0.6 is 0 Å². The second kappa shape index (κ2) is 3.25. The number of hydrogen-bond acceptors (Lipinski definition) is 1. The number of rotatable bonds is 1. The van der Waals surface area contributed by atoms with Gasteiger partial charge in [-0.1, -0.05) is 48.5 Å². The summed E-state index contributed by atoms with van der Waals surface area (Å²) in [5, 5.41) is 0. The molecule has 0 fully saturated rings. The lowest BCUT2D eigenvalue weighted by Crippen LogP contribution is -2.39. The van der Waals surface area contributed by atoms with Crippen molar-refractivity contribution in [1.82, 2.24) is 0 Å². The van der Waals surface area contributed by atoms with Gasteiger partial charge in [0.15, 0.2) is 0 Å². The Hall–Kier alpha value is -1.54. The fraction of sp³-hybridized carbons (Fsp3) is 0.0769. The molecule has 2 aromatic rings. The summed E-state index contributed by atoms with van der Waals surface area (Å²) in [6.07, 6.45) is 0. The van der Waals surface area contributed by atoms with E-state index in [2.05, 4.69) is 48.5 Å². The number of fused-ring (bicyclic) bond motifs is 3. The molecule has 0 amide bonds. The van der Waals surface area contributed by atoms with Gasteiger partial charge < -0.3 is 4.65 Å². The topological polar surface area (TPSA) is 9.23 Å². The van der Waals surface area contributed by atoms with Gasteiger partial charge in [0.1, 0.15) is 0 Å². The minimum atomic E-state index is 0.109. The van der Waals surface area contributed by atoms with Crippen LogP contribution in [-0.4, -0.2) is 14.0 Å². The molecule has 1 nitrogen and oxygen atoms in total. The maximum atomic E-state index is 5.56. The van der Waals surface area contributed by atoms with E-state index in [4.69, 9.17) is 4.65 Å². The van der Waals surface area contributed by atoms with Crippen LogP contribution < -0.4 is 10.9 Å². The normalized spacial score (nSPS) is 12.5. The highest BCUT2D eigenvalue weighted by Crippen LogP contribution is 2.22. The summed E-state index contributed by atoms with van der Waals surface area (Å²) >= 11 is 0. The maximum absolute atomic E-state index is 5.56. The Morgan fingerprint density at radius 2 is 1.27 bits per heavy atom. The van der Waals surface area contributed by atoms with Gasteiger partial charge in [-0.25, -0.2) is 0 Å². The third kappa shape index (κ3) is 1.15. The molecule has 3 rings (SSSR count). The van der Waals surface area contributed by atoms with Crippen LogP contribution in [0.3, 0.4) is 0 Å². The molecule has 0 bridgehead atoms. The Bertz CT molecular complexity index is 462. The summed E-state index contributed by atoms with van der Waals surface area (Å²) in [6.45, 7) is 0.109. The van der Waals surface area contributed by atoms with Crippen LogP contribution in [0.2, 0.25) is 0 Å². The van der Waals surface area contributed by atoms with Crippen LogP contribution in [0, 0.1) is 0 Å². The molecule has 0 unspecified atom stereocenters. The van der Waals surface area contributed by atoms with E-state index in [0.29, 0.717) is 0 Å². The van der Waals surface area contributed by atoms with E-state index in [1.54, 1.807) is 7.11 Å². The van der Waals surface area contributed by atoms with E-state index in [1.165, 1.54) is 22.1 Å². The van der Waals surface area contributed by atoms with Crippen molar-refractivity contribution in [3.8, 4) is 11.1 Å². The van der Waals surface area contributed by atoms with E-state index in [9.17, 15) is 0 Å². The Morgan fingerprint density at radius 1 is 0.800 bits per heavy atom. The molecule has 0 atom stereocenters. The number of hydrogen-bond donors (Lipinski definition) is 0.